The van der Waals surface area contributed by atoms with E-state index < -0.39 is 17.8 Å². The number of ether oxygens (including phenoxy) is 1. The number of rotatable bonds is 3. The minimum atomic E-state index is -0.620. The molecular weight excluding hydrogens is 232 g/mol. The topological polar surface area (TPSA) is 71.5 Å². The summed E-state index contributed by atoms with van der Waals surface area (Å²) in [7, 11) is 0. The van der Waals surface area contributed by atoms with Gasteiger partial charge < -0.3 is 9.84 Å². The van der Waals surface area contributed by atoms with Gasteiger partial charge in [0.25, 0.3) is 0 Å². The zero-order chi connectivity index (χ0) is 13.8. The van der Waals surface area contributed by atoms with Gasteiger partial charge in [0.15, 0.2) is 0 Å². The van der Waals surface area contributed by atoms with Crippen molar-refractivity contribution in [3.63, 3.8) is 0 Å². The maximum absolute atomic E-state index is 11.5. The number of pyridine rings is 1. The molecule has 0 bridgehead atoms. The van der Waals surface area contributed by atoms with Crippen LogP contribution in [0.3, 0.4) is 0 Å². The Morgan fingerprint density at radius 2 is 2.17 bits per heavy atom. The van der Waals surface area contributed by atoms with E-state index in [4.69, 9.17) is 4.74 Å². The van der Waals surface area contributed by atoms with Gasteiger partial charge in [-0.25, -0.2) is 9.78 Å². The summed E-state index contributed by atoms with van der Waals surface area (Å²) in [6.45, 7) is 7.23. The summed E-state index contributed by atoms with van der Waals surface area (Å²) >= 11 is 0. The third-order valence-electron chi connectivity index (χ3n) is 2.13. The van der Waals surface area contributed by atoms with Crippen LogP contribution in [-0.4, -0.2) is 21.8 Å². The molecule has 1 aromatic rings. The molecule has 0 unspecified atom stereocenters. The minimum Gasteiger partial charge on any atom is -0.444 e. The second-order valence-electron chi connectivity index (χ2n) is 5.00. The van der Waals surface area contributed by atoms with Crippen LogP contribution in [0.25, 0.3) is 0 Å². The molecule has 0 saturated heterocycles. The van der Waals surface area contributed by atoms with Crippen LogP contribution in [0.1, 0.15) is 45.9 Å². The molecule has 18 heavy (non-hydrogen) atoms. The van der Waals surface area contributed by atoms with Crippen molar-refractivity contribution in [3.05, 3.63) is 23.9 Å². The number of anilines is 1. The highest BCUT2D eigenvalue weighted by Crippen LogP contribution is 2.16. The van der Waals surface area contributed by atoms with Crippen molar-refractivity contribution in [2.24, 2.45) is 0 Å². The molecule has 0 aliphatic rings. The Bertz CT molecular complexity index is 413. The Balaban J connectivity index is 2.71. The monoisotopic (exact) mass is 252 g/mol. The molecule has 5 nitrogen and oxygen atoms in total. The van der Waals surface area contributed by atoms with Gasteiger partial charge in [0.1, 0.15) is 11.4 Å². The van der Waals surface area contributed by atoms with Crippen LogP contribution in [0, 0.1) is 0 Å². The molecule has 0 aromatic carbocycles. The van der Waals surface area contributed by atoms with Gasteiger partial charge in [-0.1, -0.05) is 13.0 Å². The van der Waals surface area contributed by atoms with Crippen LogP contribution in [-0.2, 0) is 4.74 Å². The zero-order valence-corrected chi connectivity index (χ0v) is 11.2. The average molecular weight is 252 g/mol. The van der Waals surface area contributed by atoms with Crippen molar-refractivity contribution < 1.29 is 14.6 Å². The molecular formula is C13H20N2O3. The summed E-state index contributed by atoms with van der Waals surface area (Å²) < 4.78 is 5.12. The third kappa shape index (κ3) is 4.71. The van der Waals surface area contributed by atoms with Gasteiger partial charge in [0.2, 0.25) is 0 Å². The molecule has 100 valence electrons. The lowest BCUT2D eigenvalue weighted by Gasteiger charge is -2.19. The molecule has 1 atom stereocenters. The van der Waals surface area contributed by atoms with Crippen LogP contribution in [0.15, 0.2) is 18.2 Å². The highest BCUT2D eigenvalue weighted by atomic mass is 16.6. The minimum absolute atomic E-state index is 0.370. The first-order valence-corrected chi connectivity index (χ1v) is 5.97. The summed E-state index contributed by atoms with van der Waals surface area (Å²) in [5.74, 6) is 0.370. The molecule has 0 spiro atoms. The fraction of sp³-hybridized carbons (Fsp3) is 0.538. The van der Waals surface area contributed by atoms with E-state index >= 15 is 0 Å². The molecule has 1 amide bonds. The first-order valence-electron chi connectivity index (χ1n) is 5.97. The Kier molecular flexibility index (Phi) is 4.67. The number of carbonyl (C=O) groups is 1. The summed E-state index contributed by atoms with van der Waals surface area (Å²) in [6.07, 6.45) is -0.605. The average Bonchev–Trinajstić information content (AvgIpc) is 2.25. The Morgan fingerprint density at radius 3 is 2.72 bits per heavy atom. The molecule has 1 heterocycles. The summed E-state index contributed by atoms with van der Waals surface area (Å²) in [5.41, 5.74) is -0.0176. The molecule has 0 radical (unpaired) electrons. The van der Waals surface area contributed by atoms with Crippen molar-refractivity contribution in [1.29, 1.82) is 0 Å². The molecule has 2 N–H and O–H groups in total. The fourth-order valence-corrected chi connectivity index (χ4v) is 1.32. The SMILES string of the molecule is CC[C@H](O)c1cccc(NC(=O)OC(C)(C)C)n1. The van der Waals surface area contributed by atoms with Gasteiger partial charge in [0.05, 0.1) is 11.8 Å². The second kappa shape index (κ2) is 5.82. The van der Waals surface area contributed by atoms with E-state index in [0.29, 0.717) is 17.9 Å². The molecule has 0 fully saturated rings. The number of amides is 1. The van der Waals surface area contributed by atoms with Crippen LogP contribution in [0.4, 0.5) is 10.6 Å². The van der Waals surface area contributed by atoms with E-state index in [1.54, 1.807) is 39.0 Å². The Morgan fingerprint density at radius 1 is 1.50 bits per heavy atom. The molecule has 5 heteroatoms. The molecule has 0 saturated carbocycles. The number of aromatic nitrogens is 1. The number of nitrogens with zero attached hydrogens (tertiary/aromatic N) is 1. The number of hydrogen-bond donors (Lipinski definition) is 2. The standard InChI is InChI=1S/C13H20N2O3/c1-5-10(16)9-7-6-8-11(14-9)15-12(17)18-13(2,3)4/h6-8,10,16H,5H2,1-4H3,(H,14,15,17)/t10-/m0/s1. The Hall–Kier alpha value is -1.62. The zero-order valence-electron chi connectivity index (χ0n) is 11.2. The molecule has 1 rings (SSSR count). The number of carbonyl (C=O) groups excluding carboxylic acids is 1. The summed E-state index contributed by atoms with van der Waals surface area (Å²) in [4.78, 5) is 15.7. The quantitative estimate of drug-likeness (QED) is 0.867. The van der Waals surface area contributed by atoms with Crippen molar-refractivity contribution in [1.82, 2.24) is 4.98 Å². The Labute approximate surface area is 107 Å². The predicted octanol–water partition coefficient (Wildman–Crippen LogP) is 2.87. The third-order valence-corrected chi connectivity index (χ3v) is 2.13. The first-order chi connectivity index (χ1) is 8.31. The van der Waals surface area contributed by atoms with Crippen molar-refractivity contribution >= 4 is 11.9 Å². The van der Waals surface area contributed by atoms with E-state index in [1.165, 1.54) is 0 Å². The maximum Gasteiger partial charge on any atom is 0.413 e. The normalized spacial score (nSPS) is 12.9. The lowest BCUT2D eigenvalue weighted by atomic mass is 10.2. The van der Waals surface area contributed by atoms with Gasteiger partial charge in [-0.05, 0) is 39.3 Å². The molecule has 0 aliphatic carbocycles. The van der Waals surface area contributed by atoms with Crippen molar-refractivity contribution in [2.45, 2.75) is 45.8 Å². The molecule has 0 aliphatic heterocycles. The smallest absolute Gasteiger partial charge is 0.413 e. The van der Waals surface area contributed by atoms with Crippen LogP contribution in [0.5, 0.6) is 0 Å². The van der Waals surface area contributed by atoms with Gasteiger partial charge >= 0.3 is 6.09 Å². The number of aliphatic hydroxyl groups excluding tert-OH is 1. The summed E-state index contributed by atoms with van der Waals surface area (Å²) in [5, 5.41) is 12.2. The van der Waals surface area contributed by atoms with Gasteiger partial charge in [-0.15, -0.1) is 0 Å². The number of nitrogens with one attached hydrogen (secondary N) is 1. The van der Waals surface area contributed by atoms with E-state index in [0.717, 1.165) is 0 Å². The second-order valence-corrected chi connectivity index (χ2v) is 5.00. The number of hydrogen-bond acceptors (Lipinski definition) is 4. The lowest BCUT2D eigenvalue weighted by molar-refractivity contribution is 0.0635. The highest BCUT2D eigenvalue weighted by Gasteiger charge is 2.17. The van der Waals surface area contributed by atoms with Crippen LogP contribution in [0.2, 0.25) is 0 Å². The van der Waals surface area contributed by atoms with Gasteiger partial charge in [0, 0.05) is 0 Å². The highest BCUT2D eigenvalue weighted by molar-refractivity contribution is 5.83. The van der Waals surface area contributed by atoms with Crippen molar-refractivity contribution in [2.75, 3.05) is 5.32 Å². The van der Waals surface area contributed by atoms with Gasteiger partial charge in [-0.3, -0.25) is 5.32 Å². The lowest BCUT2D eigenvalue weighted by Crippen LogP contribution is -2.27. The largest absolute Gasteiger partial charge is 0.444 e. The number of aliphatic hydroxyl groups is 1. The van der Waals surface area contributed by atoms with E-state index in [1.807, 2.05) is 6.92 Å². The van der Waals surface area contributed by atoms with E-state index in [2.05, 4.69) is 10.3 Å². The van der Waals surface area contributed by atoms with Crippen LogP contribution >= 0.6 is 0 Å². The van der Waals surface area contributed by atoms with Crippen LogP contribution < -0.4 is 5.32 Å². The van der Waals surface area contributed by atoms with E-state index in [9.17, 15) is 9.90 Å². The first kappa shape index (κ1) is 14.4. The van der Waals surface area contributed by atoms with Gasteiger partial charge in [-0.2, -0.15) is 0 Å². The van der Waals surface area contributed by atoms with Crippen molar-refractivity contribution in [3.8, 4) is 0 Å². The fourth-order valence-electron chi connectivity index (χ4n) is 1.32. The molecule has 1 aromatic heterocycles. The van der Waals surface area contributed by atoms with E-state index in [-0.39, 0.29) is 0 Å². The predicted molar refractivity (Wildman–Crippen MR) is 69.3 cm³/mol. The maximum atomic E-state index is 11.5. The summed E-state index contributed by atoms with van der Waals surface area (Å²) in [6, 6.07) is 5.10.